The number of primary amides is 1. The van der Waals surface area contributed by atoms with Crippen LogP contribution in [0.4, 0.5) is 0 Å². The minimum atomic E-state index is -0.444. The van der Waals surface area contributed by atoms with Crippen LogP contribution in [0.2, 0.25) is 0 Å². The number of hydrogen-bond donors (Lipinski definition) is 2. The zero-order valence-electron chi connectivity index (χ0n) is 7.98. The first-order valence-corrected chi connectivity index (χ1v) is 5.49. The Morgan fingerprint density at radius 2 is 2.27 bits per heavy atom. The summed E-state index contributed by atoms with van der Waals surface area (Å²) in [6, 6.07) is 5.59. The van der Waals surface area contributed by atoms with Crippen LogP contribution in [0.5, 0.6) is 5.75 Å². The maximum absolute atomic E-state index is 11.1. The summed E-state index contributed by atoms with van der Waals surface area (Å²) in [5.41, 5.74) is 5.24. The van der Waals surface area contributed by atoms with E-state index in [1.54, 1.807) is 7.11 Å². The molecule has 0 unspecified atom stereocenters. The molecule has 2 aromatic rings. The molecule has 1 heterocycles. The molecule has 0 aliphatic heterocycles. The third kappa shape index (κ3) is 1.68. The summed E-state index contributed by atoms with van der Waals surface area (Å²) in [5.74, 6) is 0.298. The first-order valence-electron chi connectivity index (χ1n) is 4.23. The van der Waals surface area contributed by atoms with E-state index in [0.29, 0.717) is 9.77 Å². The summed E-state index contributed by atoms with van der Waals surface area (Å²) in [6.45, 7) is 0. The molecule has 78 valence electrons. The van der Waals surface area contributed by atoms with Gasteiger partial charge in [0.15, 0.2) is 0 Å². The highest BCUT2D eigenvalue weighted by atomic mass is 32.1. The lowest BCUT2D eigenvalue weighted by molar-refractivity contribution is 0.100. The maximum atomic E-state index is 11.1. The Bertz CT molecular complexity index is 533. The van der Waals surface area contributed by atoms with Crippen molar-refractivity contribution in [1.82, 2.24) is 0 Å². The van der Waals surface area contributed by atoms with Crippen LogP contribution in [0.15, 0.2) is 23.1 Å². The first kappa shape index (κ1) is 10.3. The molecule has 0 saturated carbocycles. The molecule has 0 aliphatic carbocycles. The van der Waals surface area contributed by atoms with Gasteiger partial charge in [-0.25, -0.2) is 0 Å². The van der Waals surface area contributed by atoms with Gasteiger partial charge in [0.2, 0.25) is 0 Å². The summed E-state index contributed by atoms with van der Waals surface area (Å²) in [4.78, 5) is 12.2. The third-order valence-electron chi connectivity index (χ3n) is 2.09. The van der Waals surface area contributed by atoms with Gasteiger partial charge in [-0.15, -0.1) is 24.0 Å². The summed E-state index contributed by atoms with van der Waals surface area (Å²) in [7, 11) is 1.60. The van der Waals surface area contributed by atoms with Gasteiger partial charge in [-0.2, -0.15) is 0 Å². The van der Waals surface area contributed by atoms with Gasteiger partial charge in [-0.3, -0.25) is 4.79 Å². The molecule has 2 rings (SSSR count). The number of hydrogen-bond acceptors (Lipinski definition) is 4. The molecule has 0 bridgehead atoms. The van der Waals surface area contributed by atoms with E-state index in [1.807, 2.05) is 18.2 Å². The number of rotatable bonds is 2. The molecule has 0 fully saturated rings. The van der Waals surface area contributed by atoms with Crippen LogP contribution in [0.1, 0.15) is 9.67 Å². The van der Waals surface area contributed by atoms with Crippen molar-refractivity contribution in [2.45, 2.75) is 4.90 Å². The highest BCUT2D eigenvalue weighted by molar-refractivity contribution is 7.81. The second-order valence-electron chi connectivity index (χ2n) is 3.01. The first-order chi connectivity index (χ1) is 7.13. The molecular formula is C10H9NO2S2. The quantitative estimate of drug-likeness (QED) is 0.790. The average molecular weight is 239 g/mol. The van der Waals surface area contributed by atoms with Crippen molar-refractivity contribution in [2.24, 2.45) is 5.73 Å². The molecule has 1 aromatic carbocycles. The zero-order valence-corrected chi connectivity index (χ0v) is 9.69. The minimum absolute atomic E-state index is 0.444. The van der Waals surface area contributed by atoms with E-state index in [1.165, 1.54) is 11.3 Å². The fourth-order valence-corrected chi connectivity index (χ4v) is 2.80. The van der Waals surface area contributed by atoms with Crippen LogP contribution >= 0.6 is 24.0 Å². The number of fused-ring (bicyclic) bond motifs is 1. The van der Waals surface area contributed by atoms with Crippen molar-refractivity contribution < 1.29 is 9.53 Å². The Balaban J connectivity index is 2.72. The van der Waals surface area contributed by atoms with Crippen molar-refractivity contribution in [3.05, 3.63) is 23.1 Å². The molecule has 0 spiro atoms. The van der Waals surface area contributed by atoms with Crippen LogP contribution in [-0.4, -0.2) is 13.0 Å². The molecule has 0 atom stereocenters. The van der Waals surface area contributed by atoms with Gasteiger partial charge in [-0.05, 0) is 18.2 Å². The largest absolute Gasteiger partial charge is 0.497 e. The summed E-state index contributed by atoms with van der Waals surface area (Å²) < 4.78 is 6.08. The molecule has 1 amide bonds. The Labute approximate surface area is 96.3 Å². The van der Waals surface area contributed by atoms with Gasteiger partial charge in [0.25, 0.3) is 5.91 Å². The van der Waals surface area contributed by atoms with E-state index in [-0.39, 0.29) is 0 Å². The smallest absolute Gasteiger partial charge is 0.259 e. The molecule has 1 aromatic heterocycles. The van der Waals surface area contributed by atoms with Gasteiger partial charge < -0.3 is 10.5 Å². The highest BCUT2D eigenvalue weighted by Crippen LogP contribution is 2.35. The fourth-order valence-electron chi connectivity index (χ4n) is 1.36. The second-order valence-corrected chi connectivity index (χ2v) is 4.51. The Hall–Kier alpha value is -1.20. The molecule has 0 saturated heterocycles. The number of thiophene rings is 1. The molecule has 3 nitrogen and oxygen atoms in total. The number of carbonyl (C=O) groups is 1. The van der Waals surface area contributed by atoms with E-state index in [4.69, 9.17) is 10.5 Å². The van der Waals surface area contributed by atoms with Crippen LogP contribution in [-0.2, 0) is 0 Å². The fraction of sp³-hybridized carbons (Fsp3) is 0.100. The van der Waals surface area contributed by atoms with Crippen LogP contribution in [0, 0.1) is 0 Å². The molecule has 15 heavy (non-hydrogen) atoms. The number of amides is 1. The molecule has 0 aliphatic rings. The lowest BCUT2D eigenvalue weighted by atomic mass is 10.2. The normalized spacial score (nSPS) is 10.5. The summed E-state index contributed by atoms with van der Waals surface area (Å²) in [5, 5.41) is 0.900. The van der Waals surface area contributed by atoms with Crippen molar-refractivity contribution >= 4 is 40.0 Å². The predicted molar refractivity (Wildman–Crippen MR) is 64.1 cm³/mol. The lowest BCUT2D eigenvalue weighted by Gasteiger charge is -1.98. The highest BCUT2D eigenvalue weighted by Gasteiger charge is 2.13. The van der Waals surface area contributed by atoms with Gasteiger partial charge in [0, 0.05) is 15.0 Å². The molecular weight excluding hydrogens is 230 g/mol. The number of nitrogens with two attached hydrogens (primary N) is 1. The Kier molecular flexibility index (Phi) is 2.58. The number of thiol groups is 1. The topological polar surface area (TPSA) is 52.3 Å². The van der Waals surface area contributed by atoms with Crippen molar-refractivity contribution in [1.29, 1.82) is 0 Å². The number of methoxy groups -OCH3 is 1. The zero-order chi connectivity index (χ0) is 11.0. The molecule has 5 heteroatoms. The van der Waals surface area contributed by atoms with E-state index in [9.17, 15) is 4.79 Å². The van der Waals surface area contributed by atoms with Gasteiger partial charge >= 0.3 is 0 Å². The van der Waals surface area contributed by atoms with E-state index in [2.05, 4.69) is 12.6 Å². The van der Waals surface area contributed by atoms with E-state index < -0.39 is 5.91 Å². The van der Waals surface area contributed by atoms with Gasteiger partial charge in [-0.1, -0.05) is 0 Å². The third-order valence-corrected chi connectivity index (χ3v) is 3.89. The Morgan fingerprint density at radius 1 is 1.53 bits per heavy atom. The summed E-state index contributed by atoms with van der Waals surface area (Å²) >= 11 is 5.64. The van der Waals surface area contributed by atoms with Crippen molar-refractivity contribution in [3.63, 3.8) is 0 Å². The van der Waals surface area contributed by atoms with Gasteiger partial charge in [0.05, 0.1) is 7.11 Å². The predicted octanol–water partition coefficient (Wildman–Crippen LogP) is 2.30. The molecule has 2 N–H and O–H groups in total. The number of carbonyl (C=O) groups excluding carboxylic acids is 1. The minimum Gasteiger partial charge on any atom is -0.497 e. The van der Waals surface area contributed by atoms with Crippen LogP contribution in [0.3, 0.4) is 0 Å². The van der Waals surface area contributed by atoms with Crippen molar-refractivity contribution in [3.8, 4) is 5.75 Å². The maximum Gasteiger partial charge on any atom is 0.259 e. The Morgan fingerprint density at radius 3 is 2.87 bits per heavy atom. The monoisotopic (exact) mass is 239 g/mol. The SMILES string of the molecule is COc1ccc2sc(C(N)=O)c(S)c2c1. The van der Waals surface area contributed by atoms with E-state index >= 15 is 0 Å². The van der Waals surface area contributed by atoms with Crippen LogP contribution in [0.25, 0.3) is 10.1 Å². The second kappa shape index (κ2) is 3.75. The lowest BCUT2D eigenvalue weighted by Crippen LogP contribution is -2.09. The van der Waals surface area contributed by atoms with Gasteiger partial charge in [0.1, 0.15) is 10.6 Å². The number of benzene rings is 1. The average Bonchev–Trinajstić information content (AvgIpc) is 2.56. The standard InChI is InChI=1S/C10H9NO2S2/c1-13-5-2-3-7-6(4-5)8(14)9(15-7)10(11)12/h2-4,14H,1H3,(H2,11,12). The number of ether oxygens (including phenoxy) is 1. The van der Waals surface area contributed by atoms with Crippen LogP contribution < -0.4 is 10.5 Å². The summed E-state index contributed by atoms with van der Waals surface area (Å²) in [6.07, 6.45) is 0. The molecule has 0 radical (unpaired) electrons. The van der Waals surface area contributed by atoms with Crippen molar-refractivity contribution in [2.75, 3.05) is 7.11 Å². The van der Waals surface area contributed by atoms with E-state index in [0.717, 1.165) is 15.8 Å².